The van der Waals surface area contributed by atoms with Gasteiger partial charge in [0.05, 0.1) is 11.7 Å². The molecule has 1 amide bonds. The van der Waals surface area contributed by atoms with E-state index in [-0.39, 0.29) is 11.8 Å². The maximum absolute atomic E-state index is 12.0. The van der Waals surface area contributed by atoms with Crippen LogP contribution in [0.4, 0.5) is 0 Å². The van der Waals surface area contributed by atoms with E-state index in [0.717, 1.165) is 32.1 Å². The quantitative estimate of drug-likeness (QED) is 0.755. The largest absolute Gasteiger partial charge is 0.388 e. The Morgan fingerprint density at radius 2 is 2.00 bits per heavy atom. The van der Waals surface area contributed by atoms with Gasteiger partial charge in [-0.1, -0.05) is 20.3 Å². The van der Waals surface area contributed by atoms with Gasteiger partial charge in [0, 0.05) is 20.1 Å². The lowest BCUT2D eigenvalue weighted by Gasteiger charge is -2.31. The van der Waals surface area contributed by atoms with Crippen LogP contribution >= 0.6 is 0 Å². The molecule has 0 aromatic carbocycles. The molecule has 4 heteroatoms. The molecule has 1 rings (SSSR count). The van der Waals surface area contributed by atoms with Crippen LogP contribution in [-0.2, 0) is 9.53 Å². The van der Waals surface area contributed by atoms with Gasteiger partial charge in [-0.2, -0.15) is 0 Å². The van der Waals surface area contributed by atoms with Crippen LogP contribution < -0.4 is 5.32 Å². The Morgan fingerprint density at radius 1 is 1.40 bits per heavy atom. The highest BCUT2D eigenvalue weighted by atomic mass is 16.5. The van der Waals surface area contributed by atoms with Crippen LogP contribution in [0, 0.1) is 11.8 Å². The van der Waals surface area contributed by atoms with Crippen LogP contribution in [0.25, 0.3) is 0 Å². The lowest BCUT2D eigenvalue weighted by atomic mass is 9.85. The van der Waals surface area contributed by atoms with Crippen molar-refractivity contribution in [3.8, 4) is 0 Å². The summed E-state index contributed by atoms with van der Waals surface area (Å²) in [6.45, 7) is 6.20. The summed E-state index contributed by atoms with van der Waals surface area (Å²) < 4.78 is 5.34. The van der Waals surface area contributed by atoms with Crippen molar-refractivity contribution in [3.05, 3.63) is 0 Å². The first-order chi connectivity index (χ1) is 9.39. The van der Waals surface area contributed by atoms with Crippen LogP contribution in [0.1, 0.15) is 59.3 Å². The maximum atomic E-state index is 12.0. The summed E-state index contributed by atoms with van der Waals surface area (Å²) >= 11 is 0. The highest BCUT2D eigenvalue weighted by Crippen LogP contribution is 2.28. The van der Waals surface area contributed by atoms with Crippen molar-refractivity contribution in [1.29, 1.82) is 0 Å². The molecule has 0 heterocycles. The van der Waals surface area contributed by atoms with Crippen molar-refractivity contribution >= 4 is 5.91 Å². The maximum Gasteiger partial charge on any atom is 0.220 e. The van der Waals surface area contributed by atoms with Gasteiger partial charge in [0.2, 0.25) is 5.91 Å². The molecule has 0 aromatic rings. The van der Waals surface area contributed by atoms with Crippen molar-refractivity contribution in [2.24, 2.45) is 11.8 Å². The fourth-order valence-corrected chi connectivity index (χ4v) is 2.80. The Kier molecular flexibility index (Phi) is 6.96. The number of hydrogen-bond acceptors (Lipinski definition) is 3. The molecule has 1 fully saturated rings. The van der Waals surface area contributed by atoms with E-state index >= 15 is 0 Å². The van der Waals surface area contributed by atoms with E-state index in [9.17, 15) is 9.90 Å². The molecule has 2 N–H and O–H groups in total. The van der Waals surface area contributed by atoms with Crippen LogP contribution in [0.3, 0.4) is 0 Å². The molecule has 0 radical (unpaired) electrons. The van der Waals surface area contributed by atoms with E-state index in [0.29, 0.717) is 25.0 Å². The van der Waals surface area contributed by atoms with Crippen LogP contribution in [0.15, 0.2) is 0 Å². The number of aliphatic hydroxyl groups is 1. The number of nitrogens with one attached hydrogen (secondary N) is 1. The molecule has 20 heavy (non-hydrogen) atoms. The number of rotatable bonds is 7. The van der Waals surface area contributed by atoms with Crippen molar-refractivity contribution in [2.45, 2.75) is 71.0 Å². The van der Waals surface area contributed by atoms with Gasteiger partial charge in [0.15, 0.2) is 0 Å². The molecular weight excluding hydrogens is 254 g/mol. The molecular formula is C16H31NO3. The van der Waals surface area contributed by atoms with E-state index in [1.165, 1.54) is 0 Å². The summed E-state index contributed by atoms with van der Waals surface area (Å²) in [5, 5.41) is 13.2. The first kappa shape index (κ1) is 17.4. The first-order valence-electron chi connectivity index (χ1n) is 7.90. The summed E-state index contributed by atoms with van der Waals surface area (Å²) in [6, 6.07) is 0. The number of carbonyl (C=O) groups excluding carboxylic acids is 1. The van der Waals surface area contributed by atoms with Crippen LogP contribution in [-0.4, -0.2) is 36.4 Å². The minimum Gasteiger partial charge on any atom is -0.388 e. The van der Waals surface area contributed by atoms with Crippen molar-refractivity contribution in [1.82, 2.24) is 5.32 Å². The Bertz CT molecular complexity index is 296. The summed E-state index contributed by atoms with van der Waals surface area (Å²) in [7, 11) is 1.76. The predicted octanol–water partition coefficient (Wildman–Crippen LogP) is 2.50. The average Bonchev–Trinajstić information content (AvgIpc) is 2.45. The van der Waals surface area contributed by atoms with Gasteiger partial charge < -0.3 is 15.2 Å². The van der Waals surface area contributed by atoms with Gasteiger partial charge in [-0.05, 0) is 44.4 Å². The number of ether oxygens (including phenoxy) is 1. The fraction of sp³-hybridized carbons (Fsp3) is 0.938. The van der Waals surface area contributed by atoms with E-state index in [1.807, 2.05) is 6.92 Å². The molecule has 0 saturated heterocycles. The second-order valence-corrected chi connectivity index (χ2v) is 6.53. The first-order valence-corrected chi connectivity index (χ1v) is 7.90. The molecule has 4 nitrogen and oxygen atoms in total. The molecule has 0 spiro atoms. The lowest BCUT2D eigenvalue weighted by molar-refractivity contribution is -0.124. The summed E-state index contributed by atoms with van der Waals surface area (Å²) in [5.74, 6) is 0.712. The van der Waals surface area contributed by atoms with Gasteiger partial charge in [-0.3, -0.25) is 4.79 Å². The number of hydrogen-bond donors (Lipinski definition) is 2. The number of methoxy groups -OCH3 is 1. The molecule has 1 aliphatic carbocycles. The Balaban J connectivity index is 2.27. The van der Waals surface area contributed by atoms with E-state index in [4.69, 9.17) is 4.74 Å². The zero-order chi connectivity index (χ0) is 15.2. The minimum atomic E-state index is -0.821. The Morgan fingerprint density at radius 3 is 2.50 bits per heavy atom. The molecule has 0 bridgehead atoms. The predicted molar refractivity (Wildman–Crippen MR) is 80.5 cm³/mol. The van der Waals surface area contributed by atoms with Gasteiger partial charge in [0.25, 0.3) is 0 Å². The highest BCUT2D eigenvalue weighted by Gasteiger charge is 2.28. The third-order valence-corrected chi connectivity index (χ3v) is 4.92. The van der Waals surface area contributed by atoms with E-state index in [2.05, 4.69) is 12.2 Å². The normalized spacial score (nSPS) is 27.6. The number of carbonyl (C=O) groups is 1. The molecule has 2 atom stereocenters. The van der Waals surface area contributed by atoms with Crippen LogP contribution in [0.5, 0.6) is 0 Å². The van der Waals surface area contributed by atoms with Crippen molar-refractivity contribution in [3.63, 3.8) is 0 Å². The standard InChI is InChI=1S/C16H31NO3/c1-5-12(2)16(3,19)11-17-15(18)10-13-6-8-14(20-4)9-7-13/h12-14,19H,5-11H2,1-4H3,(H,17,18). The molecule has 1 saturated carbocycles. The molecule has 1 aliphatic rings. The SMILES string of the molecule is CCC(C)C(C)(O)CNC(=O)CC1CCC(OC)CC1. The lowest BCUT2D eigenvalue weighted by Crippen LogP contribution is -2.45. The molecule has 118 valence electrons. The summed E-state index contributed by atoms with van der Waals surface area (Å²) in [4.78, 5) is 12.0. The number of amides is 1. The minimum absolute atomic E-state index is 0.0643. The highest BCUT2D eigenvalue weighted by molar-refractivity contribution is 5.76. The van der Waals surface area contributed by atoms with Crippen molar-refractivity contribution < 1.29 is 14.6 Å². The monoisotopic (exact) mass is 285 g/mol. The van der Waals surface area contributed by atoms with E-state index in [1.54, 1.807) is 14.0 Å². The van der Waals surface area contributed by atoms with Crippen LogP contribution in [0.2, 0.25) is 0 Å². The Hall–Kier alpha value is -0.610. The molecule has 0 aliphatic heterocycles. The van der Waals surface area contributed by atoms with E-state index < -0.39 is 5.60 Å². The zero-order valence-corrected chi connectivity index (χ0v) is 13.4. The van der Waals surface area contributed by atoms with Gasteiger partial charge in [-0.25, -0.2) is 0 Å². The molecule has 0 aromatic heterocycles. The second-order valence-electron chi connectivity index (χ2n) is 6.53. The smallest absolute Gasteiger partial charge is 0.220 e. The Labute approximate surface area is 123 Å². The molecule has 2 unspecified atom stereocenters. The third kappa shape index (κ3) is 5.41. The van der Waals surface area contributed by atoms with Gasteiger partial charge in [0.1, 0.15) is 0 Å². The fourth-order valence-electron chi connectivity index (χ4n) is 2.80. The van der Waals surface area contributed by atoms with Gasteiger partial charge in [-0.15, -0.1) is 0 Å². The van der Waals surface area contributed by atoms with Crippen molar-refractivity contribution in [2.75, 3.05) is 13.7 Å². The topological polar surface area (TPSA) is 58.6 Å². The zero-order valence-electron chi connectivity index (χ0n) is 13.4. The summed E-state index contributed by atoms with van der Waals surface area (Å²) in [5.41, 5.74) is -0.821. The summed E-state index contributed by atoms with van der Waals surface area (Å²) in [6.07, 6.45) is 6.09. The third-order valence-electron chi connectivity index (χ3n) is 4.92. The van der Waals surface area contributed by atoms with Gasteiger partial charge >= 0.3 is 0 Å². The average molecular weight is 285 g/mol. The second kappa shape index (κ2) is 7.99.